The highest BCUT2D eigenvalue weighted by Gasteiger charge is 2.25. The molecule has 0 bridgehead atoms. The molecule has 0 heterocycles. The molecule has 1 aromatic carbocycles. The van der Waals surface area contributed by atoms with Crippen molar-refractivity contribution in [1.29, 1.82) is 0 Å². The number of hydrogen-bond donors (Lipinski definition) is 1. The van der Waals surface area contributed by atoms with Gasteiger partial charge in [-0.1, -0.05) is 25.8 Å². The van der Waals surface area contributed by atoms with E-state index in [-0.39, 0.29) is 17.6 Å². The van der Waals surface area contributed by atoms with Gasteiger partial charge in [0.25, 0.3) is 11.6 Å². The van der Waals surface area contributed by atoms with E-state index in [2.05, 4.69) is 12.2 Å². The zero-order chi connectivity index (χ0) is 14.7. The van der Waals surface area contributed by atoms with Gasteiger partial charge in [0.15, 0.2) is 0 Å². The molecule has 1 aliphatic carbocycles. The summed E-state index contributed by atoms with van der Waals surface area (Å²) in [7, 11) is 0. The number of amides is 1. The Hall–Kier alpha value is -1.91. The van der Waals surface area contributed by atoms with Crippen molar-refractivity contribution in [1.82, 2.24) is 5.32 Å². The molecule has 0 radical (unpaired) electrons. The quantitative estimate of drug-likeness (QED) is 0.680. The van der Waals surface area contributed by atoms with E-state index in [1.165, 1.54) is 12.5 Å². The average molecular weight is 276 g/mol. The highest BCUT2D eigenvalue weighted by Crippen LogP contribution is 2.25. The third-order valence-corrected chi connectivity index (χ3v) is 4.17. The fourth-order valence-electron chi connectivity index (χ4n) is 2.84. The third-order valence-electron chi connectivity index (χ3n) is 4.17. The maximum atomic E-state index is 12.3. The predicted molar refractivity (Wildman–Crippen MR) is 76.7 cm³/mol. The van der Waals surface area contributed by atoms with Gasteiger partial charge in [0.2, 0.25) is 0 Å². The second kappa shape index (κ2) is 6.03. The largest absolute Gasteiger partial charge is 0.349 e. The highest BCUT2D eigenvalue weighted by atomic mass is 16.6. The molecule has 0 saturated heterocycles. The normalized spacial score (nSPS) is 22.3. The SMILES string of the molecule is Cc1c(C(=O)NC2CCCCC2C)cccc1[N+](=O)[O-]. The standard InChI is InChI=1S/C15H20N2O3/c1-10-6-3-4-8-13(10)16-15(18)12-7-5-9-14(11(12)2)17(19)20/h5,7,9-10,13H,3-4,6,8H2,1-2H3,(H,16,18). The summed E-state index contributed by atoms with van der Waals surface area (Å²) in [6.45, 7) is 3.77. The Morgan fingerprint density at radius 1 is 1.35 bits per heavy atom. The first-order valence-corrected chi connectivity index (χ1v) is 7.05. The lowest BCUT2D eigenvalue weighted by Crippen LogP contribution is -2.41. The molecule has 5 heteroatoms. The van der Waals surface area contributed by atoms with E-state index in [0.29, 0.717) is 17.0 Å². The topological polar surface area (TPSA) is 72.2 Å². The van der Waals surface area contributed by atoms with E-state index in [1.54, 1.807) is 19.1 Å². The zero-order valence-electron chi connectivity index (χ0n) is 11.9. The molecule has 1 fully saturated rings. The van der Waals surface area contributed by atoms with Crippen molar-refractivity contribution in [3.63, 3.8) is 0 Å². The van der Waals surface area contributed by atoms with Crippen molar-refractivity contribution in [2.45, 2.75) is 45.6 Å². The van der Waals surface area contributed by atoms with Crippen molar-refractivity contribution >= 4 is 11.6 Å². The van der Waals surface area contributed by atoms with Gasteiger partial charge < -0.3 is 5.32 Å². The number of nitrogens with zero attached hydrogens (tertiary/aromatic N) is 1. The minimum atomic E-state index is -0.449. The summed E-state index contributed by atoms with van der Waals surface area (Å²) in [6, 6.07) is 4.81. The van der Waals surface area contributed by atoms with E-state index >= 15 is 0 Å². The lowest BCUT2D eigenvalue weighted by atomic mass is 9.85. The minimum Gasteiger partial charge on any atom is -0.349 e. The fourth-order valence-corrected chi connectivity index (χ4v) is 2.84. The van der Waals surface area contributed by atoms with Crippen LogP contribution in [-0.4, -0.2) is 16.9 Å². The number of nitro groups is 1. The van der Waals surface area contributed by atoms with Crippen LogP contribution in [0.2, 0.25) is 0 Å². The minimum absolute atomic E-state index is 0.00524. The fraction of sp³-hybridized carbons (Fsp3) is 0.533. The van der Waals surface area contributed by atoms with Gasteiger partial charge in [-0.2, -0.15) is 0 Å². The summed E-state index contributed by atoms with van der Waals surface area (Å²) in [5, 5.41) is 13.9. The van der Waals surface area contributed by atoms with Gasteiger partial charge >= 0.3 is 0 Å². The summed E-state index contributed by atoms with van der Waals surface area (Å²) < 4.78 is 0. The molecule has 2 rings (SSSR count). The van der Waals surface area contributed by atoms with E-state index in [1.807, 2.05) is 0 Å². The van der Waals surface area contributed by atoms with Crippen molar-refractivity contribution in [3.8, 4) is 0 Å². The van der Waals surface area contributed by atoms with Crippen LogP contribution >= 0.6 is 0 Å². The first kappa shape index (κ1) is 14.5. The Balaban J connectivity index is 2.17. The predicted octanol–water partition coefficient (Wildman–Crippen LogP) is 3.21. The van der Waals surface area contributed by atoms with Crippen LogP contribution in [0.15, 0.2) is 18.2 Å². The van der Waals surface area contributed by atoms with Crippen molar-refractivity contribution in [3.05, 3.63) is 39.4 Å². The van der Waals surface area contributed by atoms with E-state index in [9.17, 15) is 14.9 Å². The van der Waals surface area contributed by atoms with Gasteiger partial charge in [0.05, 0.1) is 4.92 Å². The maximum absolute atomic E-state index is 12.3. The summed E-state index contributed by atoms with van der Waals surface area (Å²) >= 11 is 0. The summed E-state index contributed by atoms with van der Waals surface area (Å²) in [5.41, 5.74) is 0.824. The lowest BCUT2D eigenvalue weighted by molar-refractivity contribution is -0.385. The molecule has 0 aromatic heterocycles. The Kier molecular flexibility index (Phi) is 4.37. The number of nitrogens with one attached hydrogen (secondary N) is 1. The molecule has 20 heavy (non-hydrogen) atoms. The number of carbonyl (C=O) groups is 1. The number of hydrogen-bond acceptors (Lipinski definition) is 3. The highest BCUT2D eigenvalue weighted by molar-refractivity contribution is 5.96. The number of carbonyl (C=O) groups excluding carboxylic acids is 1. The first-order valence-electron chi connectivity index (χ1n) is 7.05. The molecule has 2 unspecified atom stereocenters. The van der Waals surface area contributed by atoms with Crippen LogP contribution in [0.25, 0.3) is 0 Å². The van der Waals surface area contributed by atoms with E-state index < -0.39 is 4.92 Å². The van der Waals surface area contributed by atoms with Gasteiger partial charge in [-0.3, -0.25) is 14.9 Å². The van der Waals surface area contributed by atoms with Crippen molar-refractivity contribution in [2.24, 2.45) is 5.92 Å². The third kappa shape index (κ3) is 2.98. The van der Waals surface area contributed by atoms with Crippen LogP contribution in [0.5, 0.6) is 0 Å². The van der Waals surface area contributed by atoms with Crippen molar-refractivity contribution < 1.29 is 9.72 Å². The smallest absolute Gasteiger partial charge is 0.273 e. The maximum Gasteiger partial charge on any atom is 0.273 e. The van der Waals surface area contributed by atoms with Gasteiger partial charge in [-0.25, -0.2) is 0 Å². The van der Waals surface area contributed by atoms with Crippen LogP contribution in [-0.2, 0) is 0 Å². The van der Waals surface area contributed by atoms with Gasteiger partial charge in [0, 0.05) is 23.2 Å². The second-order valence-corrected chi connectivity index (χ2v) is 5.55. The van der Waals surface area contributed by atoms with E-state index in [4.69, 9.17) is 0 Å². The molecule has 1 N–H and O–H groups in total. The monoisotopic (exact) mass is 276 g/mol. The van der Waals surface area contributed by atoms with Crippen LogP contribution in [0.1, 0.15) is 48.5 Å². The average Bonchev–Trinajstić information content (AvgIpc) is 2.41. The Bertz CT molecular complexity index is 528. The molecular formula is C15H20N2O3. The molecule has 0 aliphatic heterocycles. The second-order valence-electron chi connectivity index (χ2n) is 5.55. The van der Waals surface area contributed by atoms with Gasteiger partial charge in [-0.15, -0.1) is 0 Å². The Morgan fingerprint density at radius 3 is 2.70 bits per heavy atom. The molecule has 1 aliphatic rings. The molecule has 2 atom stereocenters. The summed E-state index contributed by atoms with van der Waals surface area (Å²) in [5.74, 6) is 0.261. The molecule has 1 aromatic rings. The number of rotatable bonds is 3. The molecular weight excluding hydrogens is 256 g/mol. The lowest BCUT2D eigenvalue weighted by Gasteiger charge is -2.29. The zero-order valence-corrected chi connectivity index (χ0v) is 11.9. The molecule has 1 amide bonds. The van der Waals surface area contributed by atoms with Gasteiger partial charge in [-0.05, 0) is 31.7 Å². The number of nitro benzene ring substituents is 1. The summed E-state index contributed by atoms with van der Waals surface area (Å²) in [4.78, 5) is 22.8. The molecule has 5 nitrogen and oxygen atoms in total. The summed E-state index contributed by atoms with van der Waals surface area (Å²) in [6.07, 6.45) is 4.45. The van der Waals surface area contributed by atoms with Crippen LogP contribution in [0, 0.1) is 23.0 Å². The molecule has 108 valence electrons. The number of benzene rings is 1. The molecule has 0 spiro atoms. The van der Waals surface area contributed by atoms with Crippen LogP contribution < -0.4 is 5.32 Å². The van der Waals surface area contributed by atoms with E-state index in [0.717, 1.165) is 19.3 Å². The van der Waals surface area contributed by atoms with Crippen LogP contribution in [0.4, 0.5) is 5.69 Å². The first-order chi connectivity index (χ1) is 9.50. The van der Waals surface area contributed by atoms with Gasteiger partial charge in [0.1, 0.15) is 0 Å². The van der Waals surface area contributed by atoms with Crippen molar-refractivity contribution in [2.75, 3.05) is 0 Å². The Morgan fingerprint density at radius 2 is 2.05 bits per heavy atom. The Labute approximate surface area is 118 Å². The van der Waals surface area contributed by atoms with Crippen LogP contribution in [0.3, 0.4) is 0 Å². The molecule has 1 saturated carbocycles.